The van der Waals surface area contributed by atoms with Gasteiger partial charge in [-0.15, -0.1) is 17.0 Å². The summed E-state index contributed by atoms with van der Waals surface area (Å²) in [6.45, 7) is 1.74. The van der Waals surface area contributed by atoms with Crippen LogP contribution in [-0.4, -0.2) is 16.5 Å². The van der Waals surface area contributed by atoms with Crippen LogP contribution in [0.1, 0.15) is 13.3 Å². The lowest BCUT2D eigenvalue weighted by Gasteiger charge is -2.12. The summed E-state index contributed by atoms with van der Waals surface area (Å²) in [6.07, 6.45) is 6.75. The SMILES string of the molecule is Br.CC1(O)CC2C=CC(Br)=CC2=N1. The highest BCUT2D eigenvalue weighted by Crippen LogP contribution is 2.32. The Labute approximate surface area is 96.3 Å². The molecule has 1 heterocycles. The molecule has 0 saturated heterocycles. The minimum Gasteiger partial charge on any atom is -0.369 e. The Balaban J connectivity index is 0.000000845. The van der Waals surface area contributed by atoms with Crippen LogP contribution in [0.5, 0.6) is 0 Å². The summed E-state index contributed by atoms with van der Waals surface area (Å²) < 4.78 is 1.02. The summed E-state index contributed by atoms with van der Waals surface area (Å²) in [6, 6.07) is 0. The summed E-state index contributed by atoms with van der Waals surface area (Å²) in [5, 5.41) is 9.65. The van der Waals surface area contributed by atoms with Gasteiger partial charge in [-0.2, -0.15) is 0 Å². The third-order valence-corrected chi connectivity index (χ3v) is 2.62. The topological polar surface area (TPSA) is 32.6 Å². The molecular weight excluding hydrogens is 298 g/mol. The van der Waals surface area contributed by atoms with Gasteiger partial charge in [-0.25, -0.2) is 0 Å². The van der Waals surface area contributed by atoms with E-state index in [0.29, 0.717) is 12.3 Å². The van der Waals surface area contributed by atoms with Gasteiger partial charge >= 0.3 is 0 Å². The average Bonchev–Trinajstić information content (AvgIpc) is 2.21. The number of fused-ring (bicyclic) bond motifs is 1. The van der Waals surface area contributed by atoms with E-state index in [4.69, 9.17) is 0 Å². The Kier molecular flexibility index (Phi) is 3.15. The fourth-order valence-electron chi connectivity index (χ4n) is 1.63. The standard InChI is InChI=1S/C9H10BrNO.BrH/c1-9(12)5-6-2-3-7(10)4-8(6)11-9;/h2-4,6,12H,5H2,1H3;1H. The highest BCUT2D eigenvalue weighted by atomic mass is 79.9. The van der Waals surface area contributed by atoms with E-state index in [1.54, 1.807) is 6.92 Å². The number of aliphatic imine (C=N–C) groups is 1. The van der Waals surface area contributed by atoms with Gasteiger partial charge in [0.25, 0.3) is 0 Å². The molecule has 13 heavy (non-hydrogen) atoms. The van der Waals surface area contributed by atoms with Crippen LogP contribution in [0.2, 0.25) is 0 Å². The molecule has 0 saturated carbocycles. The minimum absolute atomic E-state index is 0. The van der Waals surface area contributed by atoms with Crippen LogP contribution in [0.3, 0.4) is 0 Å². The highest BCUT2D eigenvalue weighted by Gasteiger charge is 2.33. The molecular formula is C9H11Br2NO. The molecule has 2 rings (SSSR count). The summed E-state index contributed by atoms with van der Waals surface area (Å²) in [5.41, 5.74) is 0.118. The number of aliphatic hydroxyl groups is 1. The van der Waals surface area contributed by atoms with E-state index in [-0.39, 0.29) is 17.0 Å². The van der Waals surface area contributed by atoms with Gasteiger partial charge in [0.2, 0.25) is 0 Å². The molecule has 0 bridgehead atoms. The molecule has 0 spiro atoms. The van der Waals surface area contributed by atoms with Crippen LogP contribution < -0.4 is 0 Å². The van der Waals surface area contributed by atoms with Crippen molar-refractivity contribution in [1.29, 1.82) is 0 Å². The Hall–Kier alpha value is 0.0700. The van der Waals surface area contributed by atoms with Crippen molar-refractivity contribution in [3.05, 3.63) is 22.7 Å². The molecule has 0 aromatic carbocycles. The molecule has 0 amide bonds. The molecule has 0 aromatic rings. The molecule has 72 valence electrons. The molecule has 0 aromatic heterocycles. The van der Waals surface area contributed by atoms with Crippen LogP contribution in [-0.2, 0) is 0 Å². The molecule has 1 aliphatic carbocycles. The first-order valence-electron chi connectivity index (χ1n) is 3.94. The van der Waals surface area contributed by atoms with Crippen LogP contribution in [0.25, 0.3) is 0 Å². The van der Waals surface area contributed by atoms with Crippen molar-refractivity contribution >= 4 is 38.6 Å². The van der Waals surface area contributed by atoms with E-state index in [9.17, 15) is 5.11 Å². The van der Waals surface area contributed by atoms with Crippen molar-refractivity contribution in [2.75, 3.05) is 0 Å². The summed E-state index contributed by atoms with van der Waals surface area (Å²) in [5.74, 6) is 0.307. The molecule has 2 atom stereocenters. The molecule has 0 fully saturated rings. The van der Waals surface area contributed by atoms with Gasteiger partial charge in [-0.1, -0.05) is 28.1 Å². The van der Waals surface area contributed by atoms with Crippen molar-refractivity contribution in [1.82, 2.24) is 0 Å². The average molecular weight is 309 g/mol. The molecule has 2 nitrogen and oxygen atoms in total. The monoisotopic (exact) mass is 307 g/mol. The van der Waals surface area contributed by atoms with Crippen LogP contribution in [0.4, 0.5) is 0 Å². The predicted octanol–water partition coefficient (Wildman–Crippen LogP) is 2.58. The molecule has 2 aliphatic rings. The largest absolute Gasteiger partial charge is 0.369 e. The lowest BCUT2D eigenvalue weighted by Crippen LogP contribution is -2.18. The molecule has 1 aliphatic heterocycles. The van der Waals surface area contributed by atoms with Crippen molar-refractivity contribution < 1.29 is 5.11 Å². The number of nitrogens with zero attached hydrogens (tertiary/aromatic N) is 1. The van der Waals surface area contributed by atoms with Crippen molar-refractivity contribution in [2.24, 2.45) is 10.9 Å². The third-order valence-electron chi connectivity index (χ3n) is 2.13. The van der Waals surface area contributed by atoms with Crippen LogP contribution >= 0.6 is 32.9 Å². The smallest absolute Gasteiger partial charge is 0.154 e. The molecule has 1 N–H and O–H groups in total. The lowest BCUT2D eigenvalue weighted by molar-refractivity contribution is 0.0669. The second-order valence-corrected chi connectivity index (χ2v) is 4.37. The number of rotatable bonds is 0. The Morgan fingerprint density at radius 3 is 3.08 bits per heavy atom. The van der Waals surface area contributed by atoms with E-state index in [1.165, 1.54) is 0 Å². The maximum Gasteiger partial charge on any atom is 0.154 e. The van der Waals surface area contributed by atoms with Gasteiger partial charge in [0, 0.05) is 22.5 Å². The van der Waals surface area contributed by atoms with Crippen LogP contribution in [0, 0.1) is 5.92 Å². The van der Waals surface area contributed by atoms with Crippen molar-refractivity contribution in [3.8, 4) is 0 Å². The van der Waals surface area contributed by atoms with E-state index in [1.807, 2.05) is 12.2 Å². The van der Waals surface area contributed by atoms with E-state index in [0.717, 1.165) is 10.2 Å². The highest BCUT2D eigenvalue weighted by molar-refractivity contribution is 9.11. The van der Waals surface area contributed by atoms with Gasteiger partial charge in [0.1, 0.15) is 0 Å². The second kappa shape index (κ2) is 3.67. The lowest BCUT2D eigenvalue weighted by atomic mass is 9.95. The summed E-state index contributed by atoms with van der Waals surface area (Å²) in [7, 11) is 0. The quantitative estimate of drug-likeness (QED) is 0.733. The van der Waals surface area contributed by atoms with Crippen LogP contribution in [0.15, 0.2) is 27.7 Å². The molecule has 0 radical (unpaired) electrons. The number of hydrogen-bond donors (Lipinski definition) is 1. The zero-order valence-electron chi connectivity index (χ0n) is 7.20. The van der Waals surface area contributed by atoms with E-state index < -0.39 is 5.72 Å². The van der Waals surface area contributed by atoms with Crippen molar-refractivity contribution in [2.45, 2.75) is 19.1 Å². The first-order valence-corrected chi connectivity index (χ1v) is 4.74. The number of halogens is 2. The van der Waals surface area contributed by atoms with Gasteiger partial charge in [-0.05, 0) is 13.0 Å². The Bertz CT molecular complexity index is 305. The Morgan fingerprint density at radius 1 is 1.69 bits per heavy atom. The maximum absolute atomic E-state index is 9.65. The normalized spacial score (nSPS) is 36.1. The van der Waals surface area contributed by atoms with E-state index >= 15 is 0 Å². The Morgan fingerprint density at radius 2 is 2.38 bits per heavy atom. The summed E-state index contributed by atoms with van der Waals surface area (Å²) >= 11 is 3.37. The van der Waals surface area contributed by atoms with E-state index in [2.05, 4.69) is 27.0 Å². The fraction of sp³-hybridized carbons (Fsp3) is 0.444. The fourth-order valence-corrected chi connectivity index (χ4v) is 2.02. The summed E-state index contributed by atoms with van der Waals surface area (Å²) in [4.78, 5) is 4.21. The van der Waals surface area contributed by atoms with Gasteiger partial charge in [0.05, 0.1) is 0 Å². The van der Waals surface area contributed by atoms with Gasteiger partial charge in [0.15, 0.2) is 5.72 Å². The molecule has 2 unspecified atom stereocenters. The van der Waals surface area contributed by atoms with Gasteiger partial charge in [-0.3, -0.25) is 4.99 Å². The minimum atomic E-state index is -0.863. The first-order chi connectivity index (χ1) is 5.57. The zero-order chi connectivity index (χ0) is 8.77. The second-order valence-electron chi connectivity index (χ2n) is 3.45. The number of allylic oxidation sites excluding steroid dienone is 4. The first kappa shape index (κ1) is 11.1. The third kappa shape index (κ3) is 2.30. The zero-order valence-corrected chi connectivity index (χ0v) is 10.5. The maximum atomic E-state index is 9.65. The predicted molar refractivity (Wildman–Crippen MR) is 62.6 cm³/mol. The number of hydrogen-bond acceptors (Lipinski definition) is 2. The molecule has 4 heteroatoms. The van der Waals surface area contributed by atoms with Gasteiger partial charge < -0.3 is 5.11 Å². The van der Waals surface area contributed by atoms with Crippen molar-refractivity contribution in [3.63, 3.8) is 0 Å².